The van der Waals surface area contributed by atoms with Crippen LogP contribution < -0.4 is 11.1 Å². The van der Waals surface area contributed by atoms with Crippen LogP contribution in [-0.4, -0.2) is 52.9 Å². The summed E-state index contributed by atoms with van der Waals surface area (Å²) in [4.78, 5) is 25.1. The first-order valence-electron chi connectivity index (χ1n) is 6.84. The monoisotopic (exact) mass is 295 g/mol. The zero-order valence-electron chi connectivity index (χ0n) is 12.5. The summed E-state index contributed by atoms with van der Waals surface area (Å²) in [6, 6.07) is -0.0630. The van der Waals surface area contributed by atoms with Crippen LogP contribution in [0.25, 0.3) is 0 Å². The van der Waals surface area contributed by atoms with Crippen molar-refractivity contribution >= 4 is 17.7 Å². The number of aromatic nitrogens is 2. The Bertz CT molecular complexity index is 554. The van der Waals surface area contributed by atoms with Crippen molar-refractivity contribution in [3.05, 3.63) is 11.4 Å². The van der Waals surface area contributed by atoms with E-state index in [4.69, 9.17) is 5.73 Å². The van der Waals surface area contributed by atoms with Gasteiger partial charge in [-0.25, -0.2) is 4.79 Å². The van der Waals surface area contributed by atoms with Crippen molar-refractivity contribution in [2.75, 3.05) is 25.9 Å². The molecule has 1 atom stereocenters. The molecule has 3 N–H and O–H groups in total. The zero-order valence-corrected chi connectivity index (χ0v) is 12.5. The Morgan fingerprint density at radius 3 is 2.76 bits per heavy atom. The van der Waals surface area contributed by atoms with E-state index in [2.05, 4.69) is 15.2 Å². The van der Waals surface area contributed by atoms with Crippen molar-refractivity contribution in [1.82, 2.24) is 20.0 Å². The van der Waals surface area contributed by atoms with Crippen LogP contribution >= 0.6 is 0 Å². The molecule has 1 aliphatic heterocycles. The van der Waals surface area contributed by atoms with Crippen molar-refractivity contribution in [1.29, 1.82) is 0 Å². The number of likely N-dealkylation sites (tertiary alicyclic amines) is 1. The van der Waals surface area contributed by atoms with Crippen LogP contribution in [0.5, 0.6) is 0 Å². The summed E-state index contributed by atoms with van der Waals surface area (Å²) in [5.41, 5.74) is 8.00. The normalized spacial score (nSPS) is 17.9. The van der Waals surface area contributed by atoms with Gasteiger partial charge in [0.2, 0.25) is 5.91 Å². The van der Waals surface area contributed by atoms with Gasteiger partial charge in [-0.3, -0.25) is 9.48 Å². The van der Waals surface area contributed by atoms with E-state index in [9.17, 15) is 9.59 Å². The minimum absolute atomic E-state index is 0.0326. The molecule has 21 heavy (non-hydrogen) atoms. The molecule has 0 saturated carbocycles. The molecule has 1 fully saturated rings. The van der Waals surface area contributed by atoms with Crippen molar-refractivity contribution in [2.45, 2.75) is 32.9 Å². The van der Waals surface area contributed by atoms with Gasteiger partial charge in [-0.15, -0.1) is 0 Å². The van der Waals surface area contributed by atoms with Crippen LogP contribution in [0.3, 0.4) is 0 Å². The Hall–Kier alpha value is -2.25. The zero-order chi connectivity index (χ0) is 15.6. The van der Waals surface area contributed by atoms with Crippen molar-refractivity contribution < 1.29 is 14.3 Å². The number of nitrogens with zero attached hydrogens (tertiary/aromatic N) is 3. The van der Waals surface area contributed by atoms with E-state index in [0.717, 1.165) is 17.8 Å². The molecular weight excluding hydrogens is 274 g/mol. The average molecular weight is 295 g/mol. The molecule has 0 spiro atoms. The summed E-state index contributed by atoms with van der Waals surface area (Å²) in [6.45, 7) is 4.92. The maximum absolute atomic E-state index is 12.3. The topological polar surface area (TPSA) is 102 Å². The summed E-state index contributed by atoms with van der Waals surface area (Å²) in [5.74, 6) is -0.0326. The number of alkyl carbamates (subject to hydrolysis) is 1. The first kappa shape index (κ1) is 15.1. The fourth-order valence-electron chi connectivity index (χ4n) is 2.42. The number of amides is 2. The summed E-state index contributed by atoms with van der Waals surface area (Å²) in [6.07, 6.45) is 0.251. The second kappa shape index (κ2) is 6.02. The van der Waals surface area contributed by atoms with Crippen molar-refractivity contribution in [3.8, 4) is 0 Å². The molecule has 2 amide bonds. The van der Waals surface area contributed by atoms with Gasteiger partial charge in [0.15, 0.2) is 0 Å². The highest BCUT2D eigenvalue weighted by atomic mass is 16.5. The average Bonchev–Trinajstić information content (AvgIpc) is 3.00. The lowest BCUT2D eigenvalue weighted by Gasteiger charge is -2.17. The van der Waals surface area contributed by atoms with E-state index in [-0.39, 0.29) is 18.5 Å². The lowest BCUT2D eigenvalue weighted by molar-refractivity contribution is -0.131. The van der Waals surface area contributed by atoms with Gasteiger partial charge >= 0.3 is 6.09 Å². The lowest BCUT2D eigenvalue weighted by atomic mass is 10.3. The van der Waals surface area contributed by atoms with Crippen LogP contribution in [0, 0.1) is 13.8 Å². The highest BCUT2D eigenvalue weighted by molar-refractivity contribution is 5.77. The van der Waals surface area contributed by atoms with Gasteiger partial charge in [-0.2, -0.15) is 5.10 Å². The molecule has 1 aromatic heterocycles. The van der Waals surface area contributed by atoms with Crippen LogP contribution in [0.2, 0.25) is 0 Å². The number of methoxy groups -OCH3 is 1. The number of aryl methyl sites for hydroxylation is 1. The molecule has 2 heterocycles. The van der Waals surface area contributed by atoms with Crippen LogP contribution in [-0.2, 0) is 16.1 Å². The predicted octanol–water partition coefficient (Wildman–Crippen LogP) is 0.0390. The molecule has 1 aliphatic rings. The van der Waals surface area contributed by atoms with E-state index in [1.165, 1.54) is 7.11 Å². The number of hydrogen-bond donors (Lipinski definition) is 2. The number of hydrogen-bond acceptors (Lipinski definition) is 5. The Balaban J connectivity index is 1.93. The smallest absolute Gasteiger partial charge is 0.407 e. The second-order valence-electron chi connectivity index (χ2n) is 5.20. The van der Waals surface area contributed by atoms with Crippen LogP contribution in [0.1, 0.15) is 17.8 Å². The van der Waals surface area contributed by atoms with Crippen LogP contribution in [0.15, 0.2) is 0 Å². The van der Waals surface area contributed by atoms with E-state index in [1.54, 1.807) is 9.58 Å². The maximum atomic E-state index is 12.3. The number of anilines is 1. The number of rotatable bonds is 3. The molecule has 0 radical (unpaired) electrons. The molecule has 1 unspecified atom stereocenters. The van der Waals surface area contributed by atoms with Gasteiger partial charge in [0.1, 0.15) is 6.54 Å². The second-order valence-corrected chi connectivity index (χ2v) is 5.20. The number of nitrogen functional groups attached to an aromatic ring is 1. The van der Waals surface area contributed by atoms with Gasteiger partial charge in [0, 0.05) is 13.1 Å². The van der Waals surface area contributed by atoms with E-state index in [0.29, 0.717) is 18.8 Å². The van der Waals surface area contributed by atoms with Gasteiger partial charge in [0.05, 0.1) is 30.2 Å². The van der Waals surface area contributed by atoms with Gasteiger partial charge in [-0.1, -0.05) is 0 Å². The van der Waals surface area contributed by atoms with Gasteiger partial charge < -0.3 is 20.7 Å². The van der Waals surface area contributed by atoms with Crippen molar-refractivity contribution in [3.63, 3.8) is 0 Å². The number of nitrogens with one attached hydrogen (secondary N) is 1. The largest absolute Gasteiger partial charge is 0.453 e. The Labute approximate surface area is 123 Å². The molecule has 8 nitrogen and oxygen atoms in total. The third-order valence-corrected chi connectivity index (χ3v) is 3.77. The minimum atomic E-state index is -0.472. The summed E-state index contributed by atoms with van der Waals surface area (Å²) in [5, 5.41) is 6.96. The quantitative estimate of drug-likeness (QED) is 0.819. The van der Waals surface area contributed by atoms with E-state index >= 15 is 0 Å². The molecule has 2 rings (SSSR count). The van der Waals surface area contributed by atoms with Crippen LogP contribution in [0.4, 0.5) is 10.5 Å². The fraction of sp³-hybridized carbons (Fsp3) is 0.615. The first-order valence-corrected chi connectivity index (χ1v) is 6.84. The Morgan fingerprint density at radius 2 is 2.19 bits per heavy atom. The summed E-state index contributed by atoms with van der Waals surface area (Å²) >= 11 is 0. The van der Waals surface area contributed by atoms with E-state index < -0.39 is 6.09 Å². The molecule has 1 saturated heterocycles. The molecule has 0 bridgehead atoms. The number of nitrogens with two attached hydrogens (primary N) is 1. The molecule has 0 aliphatic carbocycles. The summed E-state index contributed by atoms with van der Waals surface area (Å²) < 4.78 is 6.17. The third-order valence-electron chi connectivity index (χ3n) is 3.77. The highest BCUT2D eigenvalue weighted by Gasteiger charge is 2.28. The number of carbonyl (C=O) groups excluding carboxylic acids is 2. The Kier molecular flexibility index (Phi) is 4.35. The predicted molar refractivity (Wildman–Crippen MR) is 76.6 cm³/mol. The summed E-state index contributed by atoms with van der Waals surface area (Å²) in [7, 11) is 1.32. The number of carbonyl (C=O) groups is 2. The molecule has 0 aromatic carbocycles. The lowest BCUT2D eigenvalue weighted by Crippen LogP contribution is -2.39. The van der Waals surface area contributed by atoms with Gasteiger partial charge in [0.25, 0.3) is 0 Å². The fourth-order valence-corrected chi connectivity index (χ4v) is 2.42. The van der Waals surface area contributed by atoms with Gasteiger partial charge in [-0.05, 0) is 20.3 Å². The first-order chi connectivity index (χ1) is 9.92. The van der Waals surface area contributed by atoms with Crippen molar-refractivity contribution in [2.24, 2.45) is 0 Å². The Morgan fingerprint density at radius 1 is 1.48 bits per heavy atom. The maximum Gasteiger partial charge on any atom is 0.407 e. The third kappa shape index (κ3) is 3.26. The number of ether oxygens (including phenoxy) is 1. The molecule has 116 valence electrons. The molecular formula is C13H21N5O3. The standard InChI is InChI=1S/C13H21N5O3/c1-8-12(14)9(2)18(16-8)7-11(19)17-5-4-10(6-17)15-13(20)21-3/h10H,4-7,14H2,1-3H3,(H,15,20). The molecule has 1 aromatic rings. The highest BCUT2D eigenvalue weighted by Crippen LogP contribution is 2.16. The SMILES string of the molecule is COC(=O)NC1CCN(C(=O)Cn2nc(C)c(N)c2C)C1. The van der Waals surface area contributed by atoms with E-state index in [1.807, 2.05) is 13.8 Å². The molecule has 8 heteroatoms. The minimum Gasteiger partial charge on any atom is -0.453 e.